The average molecular weight is 367 g/mol. The predicted octanol–water partition coefficient (Wildman–Crippen LogP) is 3.18. The van der Waals surface area contributed by atoms with Gasteiger partial charge in [-0.15, -0.1) is 0 Å². The number of anilines is 1. The molecule has 0 fully saturated rings. The number of nitrogens with zero attached hydrogens (tertiary/aromatic N) is 2. The first-order chi connectivity index (χ1) is 12.6. The Bertz CT molecular complexity index is 891. The van der Waals surface area contributed by atoms with E-state index in [4.69, 9.17) is 15.7 Å². The van der Waals surface area contributed by atoms with Gasteiger partial charge < -0.3 is 16.4 Å². The van der Waals surface area contributed by atoms with Gasteiger partial charge in [0, 0.05) is 35.5 Å². The summed E-state index contributed by atoms with van der Waals surface area (Å²) in [4.78, 5) is 20.9. The van der Waals surface area contributed by atoms with Crippen molar-refractivity contribution < 1.29 is 4.79 Å². The highest BCUT2D eigenvalue weighted by Crippen LogP contribution is 2.26. The van der Waals surface area contributed by atoms with E-state index < -0.39 is 0 Å². The number of hydrogen-bond acceptors (Lipinski definition) is 6. The summed E-state index contributed by atoms with van der Waals surface area (Å²) < 4.78 is 0. The second-order valence-corrected chi connectivity index (χ2v) is 7.66. The Morgan fingerprint density at radius 1 is 1.26 bits per heavy atom. The van der Waals surface area contributed by atoms with Crippen LogP contribution in [-0.4, -0.2) is 34.9 Å². The maximum absolute atomic E-state index is 11.4. The Balaban J connectivity index is 2.66. The molecule has 0 saturated carbocycles. The number of aryl methyl sites for hydroxylation is 1. The van der Waals surface area contributed by atoms with Crippen LogP contribution in [0.1, 0.15) is 39.0 Å². The van der Waals surface area contributed by atoms with Gasteiger partial charge in [0.25, 0.3) is 0 Å². The summed E-state index contributed by atoms with van der Waals surface area (Å²) in [6, 6.07) is 5.62. The van der Waals surface area contributed by atoms with E-state index in [9.17, 15) is 4.79 Å². The number of aldehydes is 1. The van der Waals surface area contributed by atoms with Gasteiger partial charge in [-0.05, 0) is 46.8 Å². The highest BCUT2D eigenvalue weighted by molar-refractivity contribution is 5.92. The molecule has 1 aromatic carbocycles. The number of para-hydroxylation sites is 1. The van der Waals surface area contributed by atoms with Crippen molar-refractivity contribution in [3.05, 3.63) is 47.2 Å². The summed E-state index contributed by atoms with van der Waals surface area (Å²) in [5.41, 5.74) is 10.2. The number of hydrogen-bond donors (Lipinski definition) is 3. The van der Waals surface area contributed by atoms with Crippen LogP contribution >= 0.6 is 0 Å². The summed E-state index contributed by atoms with van der Waals surface area (Å²) in [5.74, 6) is 0.750. The largest absolute Gasteiger partial charge is 0.388 e. The average Bonchev–Trinajstić information content (AvgIpc) is 2.57. The predicted molar refractivity (Wildman–Crippen MR) is 112 cm³/mol. The van der Waals surface area contributed by atoms with Crippen LogP contribution in [-0.2, 0) is 4.79 Å². The van der Waals surface area contributed by atoms with Crippen LogP contribution in [0, 0.1) is 6.92 Å². The molecule has 6 heteroatoms. The van der Waals surface area contributed by atoms with E-state index >= 15 is 0 Å². The third-order valence-electron chi connectivity index (χ3n) is 3.82. The highest BCUT2D eigenvalue weighted by atomic mass is 16.1. The van der Waals surface area contributed by atoms with E-state index in [1.165, 1.54) is 0 Å². The van der Waals surface area contributed by atoms with Gasteiger partial charge in [0.15, 0.2) is 0 Å². The monoisotopic (exact) mass is 367 g/mol. The summed E-state index contributed by atoms with van der Waals surface area (Å²) >= 11 is 0. The van der Waals surface area contributed by atoms with Gasteiger partial charge in [-0.1, -0.05) is 18.2 Å². The first-order valence-electron chi connectivity index (χ1n) is 9.02. The number of rotatable bonds is 6. The normalized spacial score (nSPS) is 14.2. The fraction of sp³-hybridized carbons (Fsp3) is 0.381. The SMILES string of the molecule is CN/C(=C\C(C=O)=C\C(C)N)c1cccc2nc(C)c(NC(C)(C)C)nc12. The van der Waals surface area contributed by atoms with Crippen molar-refractivity contribution in [2.24, 2.45) is 5.73 Å². The van der Waals surface area contributed by atoms with Crippen molar-refractivity contribution in [2.45, 2.75) is 46.2 Å². The van der Waals surface area contributed by atoms with Crippen LogP contribution in [0.25, 0.3) is 16.7 Å². The Hall–Kier alpha value is -2.73. The molecular weight excluding hydrogens is 338 g/mol. The first-order valence-corrected chi connectivity index (χ1v) is 9.02. The van der Waals surface area contributed by atoms with E-state index in [-0.39, 0.29) is 11.6 Å². The van der Waals surface area contributed by atoms with Gasteiger partial charge in [0.05, 0.1) is 11.2 Å². The fourth-order valence-corrected chi connectivity index (χ4v) is 2.73. The van der Waals surface area contributed by atoms with Crippen molar-refractivity contribution in [3.8, 4) is 0 Å². The van der Waals surface area contributed by atoms with E-state index in [1.807, 2.05) is 39.1 Å². The zero-order valence-electron chi connectivity index (χ0n) is 16.9. The number of nitrogens with one attached hydrogen (secondary N) is 2. The van der Waals surface area contributed by atoms with Crippen molar-refractivity contribution in [1.82, 2.24) is 15.3 Å². The summed E-state index contributed by atoms with van der Waals surface area (Å²) in [7, 11) is 1.81. The lowest BCUT2D eigenvalue weighted by Crippen LogP contribution is -2.27. The Morgan fingerprint density at radius 3 is 2.52 bits per heavy atom. The molecule has 2 rings (SSSR count). The van der Waals surface area contributed by atoms with Gasteiger partial charge in [-0.25, -0.2) is 9.97 Å². The Labute approximate surface area is 161 Å². The fourth-order valence-electron chi connectivity index (χ4n) is 2.73. The molecule has 1 heterocycles. The number of nitrogens with two attached hydrogens (primary N) is 1. The topological polar surface area (TPSA) is 92.9 Å². The van der Waals surface area contributed by atoms with E-state index in [1.54, 1.807) is 12.2 Å². The number of fused-ring (bicyclic) bond motifs is 1. The summed E-state index contributed by atoms with van der Waals surface area (Å²) in [6.45, 7) is 10.0. The lowest BCUT2D eigenvalue weighted by Gasteiger charge is -2.23. The molecular formula is C21H29N5O. The number of aromatic nitrogens is 2. The maximum atomic E-state index is 11.4. The van der Waals surface area contributed by atoms with Gasteiger partial charge >= 0.3 is 0 Å². The van der Waals surface area contributed by atoms with Gasteiger partial charge in [-0.2, -0.15) is 0 Å². The minimum absolute atomic E-state index is 0.131. The summed E-state index contributed by atoms with van der Waals surface area (Å²) in [5, 5.41) is 6.57. The third-order valence-corrected chi connectivity index (χ3v) is 3.82. The molecule has 1 atom stereocenters. The molecule has 0 saturated heterocycles. The van der Waals surface area contributed by atoms with Crippen molar-refractivity contribution in [1.29, 1.82) is 0 Å². The van der Waals surface area contributed by atoms with Crippen molar-refractivity contribution in [3.63, 3.8) is 0 Å². The molecule has 0 aliphatic heterocycles. The van der Waals surface area contributed by atoms with Gasteiger partial charge in [-0.3, -0.25) is 4.79 Å². The number of carbonyl (C=O) groups is 1. The number of allylic oxidation sites excluding steroid dienone is 2. The molecule has 0 aliphatic rings. The molecule has 0 spiro atoms. The second kappa shape index (κ2) is 8.31. The molecule has 0 amide bonds. The quantitative estimate of drug-likeness (QED) is 0.412. The molecule has 1 unspecified atom stereocenters. The van der Waals surface area contributed by atoms with E-state index in [0.29, 0.717) is 5.57 Å². The highest BCUT2D eigenvalue weighted by Gasteiger charge is 2.16. The van der Waals surface area contributed by atoms with Crippen LogP contribution < -0.4 is 16.4 Å². The second-order valence-electron chi connectivity index (χ2n) is 7.66. The molecule has 1 aromatic heterocycles. The van der Waals surface area contributed by atoms with Crippen molar-refractivity contribution in [2.75, 3.05) is 12.4 Å². The van der Waals surface area contributed by atoms with Crippen LogP contribution in [0.5, 0.6) is 0 Å². The lowest BCUT2D eigenvalue weighted by atomic mass is 10.1. The first kappa shape index (κ1) is 20.6. The zero-order valence-corrected chi connectivity index (χ0v) is 16.9. The summed E-state index contributed by atoms with van der Waals surface area (Å²) in [6.07, 6.45) is 4.30. The standard InChI is InChI=1S/C21H29N5O/c1-13(22)10-15(12-27)11-18(23-6)16-8-7-9-17-19(16)25-20(14(2)24-17)26-21(3,4)5/h7-13,23H,22H2,1-6H3,(H,25,26)/b15-10-,18-11-. The van der Waals surface area contributed by atoms with Crippen molar-refractivity contribution >= 4 is 28.8 Å². The zero-order chi connectivity index (χ0) is 20.2. The molecule has 0 bridgehead atoms. The molecule has 0 aliphatic carbocycles. The van der Waals surface area contributed by atoms with Gasteiger partial charge in [0.2, 0.25) is 0 Å². The van der Waals surface area contributed by atoms with E-state index in [2.05, 4.69) is 31.4 Å². The van der Waals surface area contributed by atoms with Gasteiger partial charge in [0.1, 0.15) is 17.6 Å². The smallest absolute Gasteiger partial charge is 0.149 e. The van der Waals surface area contributed by atoms with Crippen LogP contribution in [0.4, 0.5) is 5.82 Å². The minimum atomic E-state index is -0.211. The van der Waals surface area contributed by atoms with Crippen LogP contribution in [0.15, 0.2) is 35.9 Å². The molecule has 2 aromatic rings. The molecule has 0 radical (unpaired) electrons. The van der Waals surface area contributed by atoms with E-state index in [0.717, 1.165) is 40.1 Å². The Kier molecular flexibility index (Phi) is 6.33. The lowest BCUT2D eigenvalue weighted by molar-refractivity contribution is -0.104. The molecule has 144 valence electrons. The number of carbonyl (C=O) groups excluding carboxylic acids is 1. The maximum Gasteiger partial charge on any atom is 0.149 e. The third kappa shape index (κ3) is 5.37. The molecule has 4 N–H and O–H groups in total. The van der Waals surface area contributed by atoms with Crippen LogP contribution in [0.2, 0.25) is 0 Å². The molecule has 6 nitrogen and oxygen atoms in total. The number of benzene rings is 1. The minimum Gasteiger partial charge on any atom is -0.388 e. The van der Waals surface area contributed by atoms with Crippen LogP contribution in [0.3, 0.4) is 0 Å². The Morgan fingerprint density at radius 2 is 1.96 bits per heavy atom. The molecule has 27 heavy (non-hydrogen) atoms.